The second-order valence-electron chi connectivity index (χ2n) is 6.27. The molecule has 2 rings (SSSR count). The first-order valence-corrected chi connectivity index (χ1v) is 7.11. The number of amides is 1. The van der Waals surface area contributed by atoms with Crippen LogP contribution < -0.4 is 0 Å². The number of hydrogen-bond donors (Lipinski definition) is 0. The SMILES string of the molecule is C#CCN1C(=O)C2=C(CC(C)(C)C2)OC1CCCC. The first kappa shape index (κ1) is 14.0. The molecule has 1 aliphatic carbocycles. The van der Waals surface area contributed by atoms with E-state index in [1.165, 1.54) is 0 Å². The van der Waals surface area contributed by atoms with Crippen molar-refractivity contribution in [3.05, 3.63) is 11.3 Å². The molecule has 0 fully saturated rings. The Kier molecular flexibility index (Phi) is 3.89. The molecule has 0 bridgehead atoms. The van der Waals surface area contributed by atoms with Gasteiger partial charge in [-0.05, 0) is 18.3 Å². The molecule has 0 aromatic rings. The highest BCUT2D eigenvalue weighted by Crippen LogP contribution is 2.45. The molecule has 2 aliphatic rings. The third kappa shape index (κ3) is 2.78. The molecule has 1 amide bonds. The van der Waals surface area contributed by atoms with Crippen LogP contribution in [0.25, 0.3) is 0 Å². The molecule has 0 saturated carbocycles. The summed E-state index contributed by atoms with van der Waals surface area (Å²) in [4.78, 5) is 14.3. The predicted octanol–water partition coefficient (Wildman–Crippen LogP) is 3.07. The van der Waals surface area contributed by atoms with E-state index in [0.29, 0.717) is 6.54 Å². The van der Waals surface area contributed by atoms with E-state index in [1.54, 1.807) is 4.90 Å². The monoisotopic (exact) mass is 261 g/mol. The first-order chi connectivity index (χ1) is 8.98. The van der Waals surface area contributed by atoms with Crippen LogP contribution in [0.5, 0.6) is 0 Å². The smallest absolute Gasteiger partial charge is 0.256 e. The van der Waals surface area contributed by atoms with Gasteiger partial charge >= 0.3 is 0 Å². The number of rotatable bonds is 4. The predicted molar refractivity (Wildman–Crippen MR) is 75.0 cm³/mol. The summed E-state index contributed by atoms with van der Waals surface area (Å²) in [6, 6.07) is 0. The molecule has 19 heavy (non-hydrogen) atoms. The van der Waals surface area contributed by atoms with E-state index in [1.807, 2.05) is 0 Å². The maximum atomic E-state index is 12.6. The van der Waals surface area contributed by atoms with Gasteiger partial charge in [0, 0.05) is 12.8 Å². The van der Waals surface area contributed by atoms with Crippen LogP contribution in [0.1, 0.15) is 52.9 Å². The van der Waals surface area contributed by atoms with Gasteiger partial charge in [-0.1, -0.05) is 33.1 Å². The number of hydrogen-bond acceptors (Lipinski definition) is 2. The summed E-state index contributed by atoms with van der Waals surface area (Å²) in [5.41, 5.74) is 0.968. The number of allylic oxidation sites excluding steroid dienone is 1. The van der Waals surface area contributed by atoms with Crippen LogP contribution in [0.4, 0.5) is 0 Å². The summed E-state index contributed by atoms with van der Waals surface area (Å²) in [5.74, 6) is 3.57. The average Bonchev–Trinajstić information content (AvgIpc) is 2.66. The van der Waals surface area contributed by atoms with Crippen molar-refractivity contribution in [2.45, 2.75) is 59.1 Å². The molecule has 1 heterocycles. The molecule has 0 spiro atoms. The molecule has 0 saturated heterocycles. The van der Waals surface area contributed by atoms with E-state index in [4.69, 9.17) is 11.2 Å². The van der Waals surface area contributed by atoms with Crippen LogP contribution in [0.2, 0.25) is 0 Å². The van der Waals surface area contributed by atoms with Crippen LogP contribution >= 0.6 is 0 Å². The lowest BCUT2D eigenvalue weighted by Crippen LogP contribution is -2.45. The third-order valence-electron chi connectivity index (χ3n) is 3.84. The lowest BCUT2D eigenvalue weighted by atomic mass is 9.89. The van der Waals surface area contributed by atoms with E-state index >= 15 is 0 Å². The van der Waals surface area contributed by atoms with E-state index < -0.39 is 0 Å². The zero-order chi connectivity index (χ0) is 14.0. The van der Waals surface area contributed by atoms with Gasteiger partial charge in [0.05, 0.1) is 12.1 Å². The van der Waals surface area contributed by atoms with Crippen LogP contribution in [0, 0.1) is 17.8 Å². The zero-order valence-corrected chi connectivity index (χ0v) is 12.2. The lowest BCUT2D eigenvalue weighted by molar-refractivity contribution is -0.142. The second-order valence-corrected chi connectivity index (χ2v) is 6.27. The Balaban J connectivity index is 2.20. The van der Waals surface area contributed by atoms with Crippen molar-refractivity contribution in [1.29, 1.82) is 0 Å². The Bertz CT molecular complexity index is 442. The highest BCUT2D eigenvalue weighted by molar-refractivity contribution is 5.95. The van der Waals surface area contributed by atoms with E-state index in [-0.39, 0.29) is 17.6 Å². The quantitative estimate of drug-likeness (QED) is 0.728. The van der Waals surface area contributed by atoms with Crippen molar-refractivity contribution in [3.8, 4) is 12.3 Å². The summed E-state index contributed by atoms with van der Waals surface area (Å²) in [5, 5.41) is 0. The fraction of sp³-hybridized carbons (Fsp3) is 0.688. The molecule has 0 aromatic carbocycles. The van der Waals surface area contributed by atoms with Gasteiger partial charge in [0.1, 0.15) is 5.76 Å². The summed E-state index contributed by atoms with van der Waals surface area (Å²) < 4.78 is 6.07. The van der Waals surface area contributed by atoms with Crippen LogP contribution in [-0.2, 0) is 9.53 Å². The van der Waals surface area contributed by atoms with Crippen LogP contribution in [0.3, 0.4) is 0 Å². The molecular weight excluding hydrogens is 238 g/mol. The minimum absolute atomic E-state index is 0.0888. The standard InChI is InChI=1S/C16H23NO2/c1-5-7-8-14-17(9-6-2)15(18)12-10-16(3,4)11-13(12)19-14/h2,14H,5,7-11H2,1,3-4H3. The number of terminal acetylenes is 1. The molecule has 104 valence electrons. The van der Waals surface area contributed by atoms with Gasteiger partial charge in [0.25, 0.3) is 5.91 Å². The van der Waals surface area contributed by atoms with Gasteiger partial charge in [-0.25, -0.2) is 0 Å². The van der Waals surface area contributed by atoms with E-state index in [0.717, 1.165) is 43.4 Å². The minimum atomic E-state index is -0.170. The largest absolute Gasteiger partial charge is 0.474 e. The lowest BCUT2D eigenvalue weighted by Gasteiger charge is -2.35. The average molecular weight is 261 g/mol. The second kappa shape index (κ2) is 5.28. The van der Waals surface area contributed by atoms with Gasteiger partial charge in [-0.3, -0.25) is 9.69 Å². The number of ether oxygens (including phenoxy) is 1. The minimum Gasteiger partial charge on any atom is -0.474 e. The normalized spacial score (nSPS) is 25.1. The fourth-order valence-electron chi connectivity index (χ4n) is 2.89. The van der Waals surface area contributed by atoms with Crippen molar-refractivity contribution < 1.29 is 9.53 Å². The maximum absolute atomic E-state index is 12.6. The number of unbranched alkanes of at least 4 members (excludes halogenated alkanes) is 1. The molecular formula is C16H23NO2. The molecule has 0 aromatic heterocycles. The zero-order valence-electron chi connectivity index (χ0n) is 12.2. The summed E-state index contributed by atoms with van der Waals surface area (Å²) in [6.45, 7) is 6.83. The molecule has 0 N–H and O–H groups in total. The van der Waals surface area contributed by atoms with E-state index in [2.05, 4.69) is 26.7 Å². The number of carbonyl (C=O) groups excluding carboxylic acids is 1. The maximum Gasteiger partial charge on any atom is 0.256 e. The molecule has 3 heteroatoms. The Morgan fingerprint density at radius 3 is 2.84 bits per heavy atom. The van der Waals surface area contributed by atoms with Gasteiger partial charge in [-0.2, -0.15) is 0 Å². The van der Waals surface area contributed by atoms with Crippen molar-refractivity contribution >= 4 is 5.91 Å². The molecule has 0 radical (unpaired) electrons. The Labute approximate surface area is 116 Å². The Morgan fingerprint density at radius 1 is 1.47 bits per heavy atom. The Hall–Kier alpha value is -1.43. The van der Waals surface area contributed by atoms with Gasteiger partial charge in [0.15, 0.2) is 6.23 Å². The molecule has 1 atom stereocenters. The van der Waals surface area contributed by atoms with Crippen molar-refractivity contribution in [2.75, 3.05) is 6.54 Å². The number of carbonyl (C=O) groups is 1. The van der Waals surface area contributed by atoms with Crippen molar-refractivity contribution in [2.24, 2.45) is 5.41 Å². The van der Waals surface area contributed by atoms with Crippen LogP contribution in [-0.4, -0.2) is 23.6 Å². The highest BCUT2D eigenvalue weighted by atomic mass is 16.5. The third-order valence-corrected chi connectivity index (χ3v) is 3.84. The number of nitrogens with zero attached hydrogens (tertiary/aromatic N) is 1. The fourth-order valence-corrected chi connectivity index (χ4v) is 2.89. The van der Waals surface area contributed by atoms with Gasteiger partial charge < -0.3 is 4.74 Å². The van der Waals surface area contributed by atoms with Crippen molar-refractivity contribution in [1.82, 2.24) is 4.90 Å². The first-order valence-electron chi connectivity index (χ1n) is 7.11. The summed E-state index contributed by atoms with van der Waals surface area (Å²) >= 11 is 0. The van der Waals surface area contributed by atoms with Crippen LogP contribution in [0.15, 0.2) is 11.3 Å². The molecule has 3 nitrogen and oxygen atoms in total. The summed E-state index contributed by atoms with van der Waals surface area (Å²) in [6.07, 6.45) is 9.87. The molecule has 1 unspecified atom stereocenters. The highest BCUT2D eigenvalue weighted by Gasteiger charge is 2.42. The van der Waals surface area contributed by atoms with Gasteiger partial charge in [0.2, 0.25) is 0 Å². The van der Waals surface area contributed by atoms with Gasteiger partial charge in [-0.15, -0.1) is 6.42 Å². The topological polar surface area (TPSA) is 29.5 Å². The summed E-state index contributed by atoms with van der Waals surface area (Å²) in [7, 11) is 0. The molecule has 1 aliphatic heterocycles. The van der Waals surface area contributed by atoms with Crippen molar-refractivity contribution in [3.63, 3.8) is 0 Å². The Morgan fingerprint density at radius 2 is 2.21 bits per heavy atom. The van der Waals surface area contributed by atoms with E-state index in [9.17, 15) is 4.79 Å².